The summed E-state index contributed by atoms with van der Waals surface area (Å²) in [6, 6.07) is 67.6. The smallest absolute Gasteiger partial charge is 0.143 e. The summed E-state index contributed by atoms with van der Waals surface area (Å²) >= 11 is 0. The fraction of sp³-hybridized carbons (Fsp3) is 0. The molecule has 0 radical (unpaired) electrons. The summed E-state index contributed by atoms with van der Waals surface area (Å²) in [6.07, 6.45) is 0. The van der Waals surface area contributed by atoms with Crippen molar-refractivity contribution in [3.63, 3.8) is 0 Å². The Balaban J connectivity index is 1.15. The van der Waals surface area contributed by atoms with Crippen molar-refractivity contribution >= 4 is 71.3 Å². The number of anilines is 3. The third kappa shape index (κ3) is 4.65. The zero-order valence-corrected chi connectivity index (χ0v) is 27.3. The third-order valence-electron chi connectivity index (χ3n) is 10.0. The molecule has 0 fully saturated rings. The Morgan fingerprint density at radius 3 is 1.76 bits per heavy atom. The van der Waals surface area contributed by atoms with Crippen molar-refractivity contribution in [2.24, 2.45) is 0 Å². The second-order valence-electron chi connectivity index (χ2n) is 12.9. The van der Waals surface area contributed by atoms with Gasteiger partial charge in [-0.1, -0.05) is 146 Å². The minimum Gasteiger partial charge on any atom is -0.455 e. The fourth-order valence-electron chi connectivity index (χ4n) is 7.63. The van der Waals surface area contributed by atoms with E-state index in [-0.39, 0.29) is 0 Å². The van der Waals surface area contributed by atoms with Crippen LogP contribution in [0.2, 0.25) is 0 Å². The summed E-state index contributed by atoms with van der Waals surface area (Å²) < 4.78 is 6.47. The first-order valence-electron chi connectivity index (χ1n) is 17.1. The molecule has 0 saturated heterocycles. The highest BCUT2D eigenvalue weighted by atomic mass is 16.3. The monoisotopic (exact) mass is 637 g/mol. The zero-order chi connectivity index (χ0) is 33.0. The van der Waals surface area contributed by atoms with Gasteiger partial charge in [-0.3, -0.25) is 0 Å². The Kier molecular flexibility index (Phi) is 6.53. The molecule has 2 heteroatoms. The van der Waals surface area contributed by atoms with Gasteiger partial charge in [0.2, 0.25) is 0 Å². The van der Waals surface area contributed by atoms with Gasteiger partial charge in [0, 0.05) is 33.4 Å². The molecule has 0 atom stereocenters. The number of furan rings is 1. The standard InChI is InChI=1S/C48H31NO/c1-3-15-40-32(10-1)12-8-18-41(40)34-24-27-37(28-25-34)49(39-29-26-35-23-22-33-11-2-4-16-42(33)46(35)31-39)38-14-7-13-36(30-38)43-19-9-20-45-44-17-5-6-21-47(44)50-48(43)45/h1-31H. The van der Waals surface area contributed by atoms with Gasteiger partial charge in [0.25, 0.3) is 0 Å². The lowest BCUT2D eigenvalue weighted by Crippen LogP contribution is -2.10. The number of fused-ring (bicyclic) bond motifs is 7. The second kappa shape index (κ2) is 11.5. The van der Waals surface area contributed by atoms with Gasteiger partial charge in [-0.15, -0.1) is 0 Å². The number of hydrogen-bond acceptors (Lipinski definition) is 2. The lowest BCUT2D eigenvalue weighted by Gasteiger charge is -2.27. The molecule has 1 aromatic heterocycles. The molecule has 10 rings (SSSR count). The van der Waals surface area contributed by atoms with Gasteiger partial charge in [0.1, 0.15) is 11.2 Å². The van der Waals surface area contributed by atoms with Crippen LogP contribution < -0.4 is 4.90 Å². The minimum absolute atomic E-state index is 0.905. The van der Waals surface area contributed by atoms with Crippen molar-refractivity contribution in [3.8, 4) is 22.3 Å². The molecule has 0 spiro atoms. The first kappa shape index (κ1) is 28.4. The highest BCUT2D eigenvalue weighted by molar-refractivity contribution is 6.10. The maximum absolute atomic E-state index is 6.47. The van der Waals surface area contributed by atoms with Crippen molar-refractivity contribution in [3.05, 3.63) is 188 Å². The average Bonchev–Trinajstić information content (AvgIpc) is 3.57. The molecule has 0 amide bonds. The average molecular weight is 638 g/mol. The predicted octanol–water partition coefficient (Wildman–Crippen LogP) is 13.8. The van der Waals surface area contributed by atoms with E-state index in [1.165, 1.54) is 43.4 Å². The molecule has 2 nitrogen and oxygen atoms in total. The van der Waals surface area contributed by atoms with Gasteiger partial charge in [-0.25, -0.2) is 0 Å². The molecule has 0 unspecified atom stereocenters. The normalized spacial score (nSPS) is 11.6. The van der Waals surface area contributed by atoms with Crippen molar-refractivity contribution in [1.29, 1.82) is 0 Å². The Morgan fingerprint density at radius 1 is 0.320 bits per heavy atom. The Bertz CT molecular complexity index is 2870. The van der Waals surface area contributed by atoms with E-state index >= 15 is 0 Å². The predicted molar refractivity (Wildman–Crippen MR) is 212 cm³/mol. The van der Waals surface area contributed by atoms with Crippen LogP contribution in [-0.2, 0) is 0 Å². The van der Waals surface area contributed by atoms with Gasteiger partial charge in [0.15, 0.2) is 0 Å². The van der Waals surface area contributed by atoms with Gasteiger partial charge in [-0.05, 0) is 91.5 Å². The number of benzene rings is 9. The number of hydrogen-bond donors (Lipinski definition) is 0. The molecule has 10 aromatic rings. The van der Waals surface area contributed by atoms with E-state index in [4.69, 9.17) is 4.42 Å². The van der Waals surface area contributed by atoms with Crippen LogP contribution >= 0.6 is 0 Å². The van der Waals surface area contributed by atoms with E-state index in [0.29, 0.717) is 0 Å². The fourth-order valence-corrected chi connectivity index (χ4v) is 7.63. The van der Waals surface area contributed by atoms with E-state index in [1.807, 2.05) is 12.1 Å². The molecule has 1 heterocycles. The van der Waals surface area contributed by atoms with E-state index < -0.39 is 0 Å². The first-order valence-corrected chi connectivity index (χ1v) is 17.1. The van der Waals surface area contributed by atoms with Crippen molar-refractivity contribution in [1.82, 2.24) is 0 Å². The molecule has 9 aromatic carbocycles. The number of rotatable bonds is 5. The highest BCUT2D eigenvalue weighted by Gasteiger charge is 2.17. The van der Waals surface area contributed by atoms with Crippen molar-refractivity contribution in [2.45, 2.75) is 0 Å². The van der Waals surface area contributed by atoms with Crippen molar-refractivity contribution in [2.75, 3.05) is 4.90 Å². The van der Waals surface area contributed by atoms with Crippen LogP contribution in [0.25, 0.3) is 76.5 Å². The topological polar surface area (TPSA) is 16.4 Å². The van der Waals surface area contributed by atoms with Gasteiger partial charge < -0.3 is 9.32 Å². The van der Waals surface area contributed by atoms with Gasteiger partial charge in [-0.2, -0.15) is 0 Å². The summed E-state index contributed by atoms with van der Waals surface area (Å²) in [5.41, 5.74) is 9.70. The van der Waals surface area contributed by atoms with Crippen LogP contribution in [0, 0.1) is 0 Å². The Hall–Kier alpha value is -6.64. The summed E-state index contributed by atoms with van der Waals surface area (Å²) in [7, 11) is 0. The molecule has 0 aliphatic heterocycles. The Morgan fingerprint density at radius 2 is 0.900 bits per heavy atom. The van der Waals surface area contributed by atoms with Crippen LogP contribution in [0.3, 0.4) is 0 Å². The molecular weight excluding hydrogens is 607 g/mol. The third-order valence-corrected chi connectivity index (χ3v) is 10.0. The van der Waals surface area contributed by atoms with E-state index in [1.54, 1.807) is 0 Å². The summed E-state index contributed by atoms with van der Waals surface area (Å²) in [5, 5.41) is 9.73. The van der Waals surface area contributed by atoms with Gasteiger partial charge in [0.05, 0.1) is 0 Å². The lowest BCUT2D eigenvalue weighted by molar-refractivity contribution is 0.670. The van der Waals surface area contributed by atoms with Crippen molar-refractivity contribution < 1.29 is 4.42 Å². The van der Waals surface area contributed by atoms with Gasteiger partial charge >= 0.3 is 0 Å². The maximum atomic E-state index is 6.47. The highest BCUT2D eigenvalue weighted by Crippen LogP contribution is 2.42. The SMILES string of the molecule is c1cc(-c2cccc3c2oc2ccccc23)cc(N(c2ccc(-c3cccc4ccccc34)cc2)c2ccc3ccc4ccccc4c3c2)c1. The summed E-state index contributed by atoms with van der Waals surface area (Å²) in [6.45, 7) is 0. The lowest BCUT2D eigenvalue weighted by atomic mass is 9.97. The van der Waals surface area contributed by atoms with Crippen LogP contribution in [0.1, 0.15) is 0 Å². The molecule has 0 saturated carbocycles. The van der Waals surface area contributed by atoms with Crippen LogP contribution in [0.15, 0.2) is 192 Å². The molecular formula is C48H31NO. The molecule has 0 aliphatic rings. The number of nitrogens with zero attached hydrogens (tertiary/aromatic N) is 1. The van der Waals surface area contributed by atoms with Crippen LogP contribution in [0.4, 0.5) is 17.1 Å². The zero-order valence-electron chi connectivity index (χ0n) is 27.3. The minimum atomic E-state index is 0.905. The van der Waals surface area contributed by atoms with E-state index in [2.05, 4.69) is 181 Å². The maximum Gasteiger partial charge on any atom is 0.143 e. The quantitative estimate of drug-likeness (QED) is 0.175. The van der Waals surface area contributed by atoms with Crippen LogP contribution in [-0.4, -0.2) is 0 Å². The molecule has 0 aliphatic carbocycles. The first-order chi connectivity index (χ1) is 24.8. The summed E-state index contributed by atoms with van der Waals surface area (Å²) in [4.78, 5) is 2.37. The number of para-hydroxylation sites is 2. The molecule has 50 heavy (non-hydrogen) atoms. The summed E-state index contributed by atoms with van der Waals surface area (Å²) in [5.74, 6) is 0. The van der Waals surface area contributed by atoms with Crippen LogP contribution in [0.5, 0.6) is 0 Å². The Labute approximate surface area is 290 Å². The molecule has 0 bridgehead atoms. The molecule has 234 valence electrons. The molecule has 0 N–H and O–H groups in total. The second-order valence-corrected chi connectivity index (χ2v) is 12.9. The van der Waals surface area contributed by atoms with E-state index in [9.17, 15) is 0 Å². The largest absolute Gasteiger partial charge is 0.455 e. The van der Waals surface area contributed by atoms with E-state index in [0.717, 1.165) is 50.1 Å².